The van der Waals surface area contributed by atoms with Crippen molar-refractivity contribution in [2.75, 3.05) is 25.6 Å². The van der Waals surface area contributed by atoms with Crippen LogP contribution in [0.15, 0.2) is 18.3 Å². The summed E-state index contributed by atoms with van der Waals surface area (Å²) >= 11 is 0.134. The molecule has 0 spiro atoms. The molecule has 0 aliphatic carbocycles. The fraction of sp³-hybridized carbons (Fsp3) is 0.429. The molecule has 94 valence electrons. The molecule has 2 rings (SSSR count). The molecule has 0 radical (unpaired) electrons. The summed E-state index contributed by atoms with van der Waals surface area (Å²) in [6, 6.07) is 4.46. The van der Waals surface area contributed by atoms with Gasteiger partial charge in [-0.15, -0.1) is 0 Å². The van der Waals surface area contributed by atoms with E-state index in [1.807, 2.05) is 0 Å². The van der Waals surface area contributed by atoms with Crippen LogP contribution in [0.25, 0.3) is 10.9 Å². The standard InChI is InChI=1S/C14H20IN2/c1-10-5-6-12-13(14(10)15-2)11(9-16-12)7-8-17(3)4/h5-6,9,16H,7-8H2,1-4H3/q-1. The molecule has 0 aliphatic heterocycles. The van der Waals surface area contributed by atoms with E-state index in [0.29, 0.717) is 0 Å². The van der Waals surface area contributed by atoms with Gasteiger partial charge in [0.05, 0.1) is 0 Å². The molecule has 1 N–H and O–H groups in total. The van der Waals surface area contributed by atoms with Crippen LogP contribution in [0.2, 0.25) is 0 Å². The van der Waals surface area contributed by atoms with Crippen LogP contribution in [-0.2, 0) is 6.42 Å². The molecule has 1 heterocycles. The van der Waals surface area contributed by atoms with Gasteiger partial charge in [-0.05, 0) is 0 Å². The van der Waals surface area contributed by atoms with Crippen LogP contribution < -0.4 is 21.2 Å². The number of aryl methyl sites for hydroxylation is 1. The molecule has 2 nitrogen and oxygen atoms in total. The molecule has 0 aliphatic rings. The summed E-state index contributed by atoms with van der Waals surface area (Å²) in [6.07, 6.45) is 3.32. The van der Waals surface area contributed by atoms with Crippen molar-refractivity contribution in [2.45, 2.75) is 13.3 Å². The molecule has 0 bridgehead atoms. The van der Waals surface area contributed by atoms with Crippen molar-refractivity contribution >= 4 is 10.9 Å². The van der Waals surface area contributed by atoms with Gasteiger partial charge in [-0.25, -0.2) is 0 Å². The van der Waals surface area contributed by atoms with Gasteiger partial charge >= 0.3 is 114 Å². The topological polar surface area (TPSA) is 19.0 Å². The number of alkyl halides is 1. The molecule has 0 amide bonds. The Morgan fingerprint density at radius 3 is 2.71 bits per heavy atom. The summed E-state index contributed by atoms with van der Waals surface area (Å²) < 4.78 is 1.61. The summed E-state index contributed by atoms with van der Waals surface area (Å²) in [6.45, 7) is 3.35. The van der Waals surface area contributed by atoms with Gasteiger partial charge in [0.1, 0.15) is 0 Å². The van der Waals surface area contributed by atoms with Gasteiger partial charge in [0.25, 0.3) is 0 Å². The Kier molecular flexibility index (Phi) is 4.09. The molecule has 0 atom stereocenters. The summed E-state index contributed by atoms with van der Waals surface area (Å²) in [4.78, 5) is 8.01. The molecule has 17 heavy (non-hydrogen) atoms. The Morgan fingerprint density at radius 1 is 1.29 bits per heavy atom. The predicted octanol–water partition coefficient (Wildman–Crippen LogP) is -0.531. The Bertz CT molecular complexity index is 514. The number of likely N-dealkylation sites (N-methyl/N-ethyl adjacent to an activating group) is 1. The number of nitrogens with zero attached hydrogens (tertiary/aromatic N) is 1. The van der Waals surface area contributed by atoms with Crippen molar-refractivity contribution < 1.29 is 21.2 Å². The van der Waals surface area contributed by atoms with Gasteiger partial charge in [-0.3, -0.25) is 0 Å². The van der Waals surface area contributed by atoms with E-state index >= 15 is 0 Å². The van der Waals surface area contributed by atoms with Gasteiger partial charge in [-0.1, -0.05) is 0 Å². The molecular weight excluding hydrogens is 323 g/mol. The molecule has 1 aromatic carbocycles. The zero-order chi connectivity index (χ0) is 12.4. The fourth-order valence-electron chi connectivity index (χ4n) is 2.14. The summed E-state index contributed by atoms with van der Waals surface area (Å²) in [5.41, 5.74) is 4.24. The average Bonchev–Trinajstić information content (AvgIpc) is 2.69. The van der Waals surface area contributed by atoms with Crippen LogP contribution >= 0.6 is 0 Å². The fourth-order valence-corrected chi connectivity index (χ4v) is 4.34. The van der Waals surface area contributed by atoms with Crippen molar-refractivity contribution in [3.05, 3.63) is 33.0 Å². The summed E-state index contributed by atoms with van der Waals surface area (Å²) in [5.74, 6) is 0. The Morgan fingerprint density at radius 2 is 2.06 bits per heavy atom. The minimum atomic E-state index is 0.134. The quantitative estimate of drug-likeness (QED) is 0.584. The van der Waals surface area contributed by atoms with E-state index in [0.717, 1.165) is 13.0 Å². The number of nitrogens with one attached hydrogen (secondary N) is 1. The normalized spacial score (nSPS) is 11.8. The second-order valence-corrected chi connectivity index (χ2v) is 6.83. The SMILES string of the molecule is C[I-]c1c(C)ccc2[nH]cc(CCN(C)C)c12. The second-order valence-electron chi connectivity index (χ2n) is 4.68. The second kappa shape index (κ2) is 5.40. The van der Waals surface area contributed by atoms with Crippen molar-refractivity contribution in [1.82, 2.24) is 9.88 Å². The third-order valence-electron chi connectivity index (χ3n) is 3.08. The van der Waals surface area contributed by atoms with Crippen LogP contribution in [0, 0.1) is 10.5 Å². The third-order valence-corrected chi connectivity index (χ3v) is 5.54. The van der Waals surface area contributed by atoms with Gasteiger partial charge in [0.2, 0.25) is 0 Å². The first-order chi connectivity index (χ1) is 8.13. The number of rotatable bonds is 4. The van der Waals surface area contributed by atoms with Gasteiger partial charge in [0, 0.05) is 0 Å². The number of hydrogen-bond donors (Lipinski definition) is 1. The van der Waals surface area contributed by atoms with Gasteiger partial charge in [-0.2, -0.15) is 0 Å². The average molecular weight is 343 g/mol. The first-order valence-electron chi connectivity index (χ1n) is 5.87. The van der Waals surface area contributed by atoms with E-state index in [1.54, 1.807) is 3.57 Å². The van der Waals surface area contributed by atoms with E-state index in [2.05, 4.69) is 54.2 Å². The minimum absolute atomic E-state index is 0.134. The van der Waals surface area contributed by atoms with Crippen LogP contribution in [0.3, 0.4) is 0 Å². The first kappa shape index (κ1) is 12.9. The van der Waals surface area contributed by atoms with Crippen molar-refractivity contribution in [2.24, 2.45) is 0 Å². The Balaban J connectivity index is 2.46. The van der Waals surface area contributed by atoms with Gasteiger partial charge < -0.3 is 0 Å². The third kappa shape index (κ3) is 2.65. The summed E-state index contributed by atoms with van der Waals surface area (Å²) in [7, 11) is 4.27. The van der Waals surface area contributed by atoms with E-state index in [1.165, 1.54) is 22.0 Å². The first-order valence-corrected chi connectivity index (χ1v) is 9.11. The van der Waals surface area contributed by atoms with Crippen LogP contribution in [0.5, 0.6) is 0 Å². The van der Waals surface area contributed by atoms with E-state index in [9.17, 15) is 0 Å². The molecule has 2 aromatic rings. The summed E-state index contributed by atoms with van der Waals surface area (Å²) in [5, 5.41) is 1.50. The Labute approximate surface area is 114 Å². The predicted molar refractivity (Wildman–Crippen MR) is 69.9 cm³/mol. The maximum atomic E-state index is 3.41. The zero-order valence-electron chi connectivity index (χ0n) is 11.0. The Hall–Kier alpha value is -0.550. The van der Waals surface area contributed by atoms with Gasteiger partial charge in [0.15, 0.2) is 0 Å². The monoisotopic (exact) mass is 343 g/mol. The van der Waals surface area contributed by atoms with E-state index < -0.39 is 0 Å². The van der Waals surface area contributed by atoms with Crippen molar-refractivity contribution in [3.8, 4) is 0 Å². The molecule has 0 unspecified atom stereocenters. The molecule has 0 fully saturated rings. The van der Waals surface area contributed by atoms with E-state index in [4.69, 9.17) is 0 Å². The molecule has 0 saturated carbocycles. The zero-order valence-corrected chi connectivity index (χ0v) is 13.1. The molecule has 0 saturated heterocycles. The molecular formula is C14H20IN2-. The number of fused-ring (bicyclic) bond motifs is 1. The van der Waals surface area contributed by atoms with Crippen molar-refractivity contribution in [1.29, 1.82) is 0 Å². The molecule has 1 aromatic heterocycles. The van der Waals surface area contributed by atoms with Crippen LogP contribution in [0.1, 0.15) is 11.1 Å². The number of aromatic nitrogens is 1. The number of hydrogen-bond acceptors (Lipinski definition) is 1. The number of H-pyrrole nitrogens is 1. The number of benzene rings is 1. The number of aromatic amines is 1. The van der Waals surface area contributed by atoms with Crippen LogP contribution in [-0.4, -0.2) is 35.5 Å². The maximum absolute atomic E-state index is 3.41. The molecule has 3 heteroatoms. The van der Waals surface area contributed by atoms with Crippen LogP contribution in [0.4, 0.5) is 0 Å². The van der Waals surface area contributed by atoms with Crippen molar-refractivity contribution in [3.63, 3.8) is 0 Å². The number of halogens is 1. The van der Waals surface area contributed by atoms with E-state index in [-0.39, 0.29) is 21.2 Å².